The van der Waals surface area contributed by atoms with Gasteiger partial charge in [-0.2, -0.15) is 0 Å². The molecule has 0 aromatic heterocycles. The molecule has 0 saturated carbocycles. The van der Waals surface area contributed by atoms with E-state index < -0.39 is 12.0 Å². The summed E-state index contributed by atoms with van der Waals surface area (Å²) in [6, 6.07) is -1.11. The van der Waals surface area contributed by atoms with Crippen LogP contribution in [0.2, 0.25) is 0 Å². The molecule has 0 aliphatic rings. The van der Waals surface area contributed by atoms with Gasteiger partial charge in [-0.05, 0) is 19.8 Å². The van der Waals surface area contributed by atoms with Gasteiger partial charge in [-0.1, -0.05) is 96.8 Å². The minimum Gasteiger partial charge on any atom is -0.480 e. The number of amides is 3. The van der Waals surface area contributed by atoms with E-state index in [-0.39, 0.29) is 82.3 Å². The van der Waals surface area contributed by atoms with Crippen LogP contribution in [-0.2, 0) is 42.9 Å². The van der Waals surface area contributed by atoms with E-state index in [0.29, 0.717) is 26.4 Å². The summed E-state index contributed by atoms with van der Waals surface area (Å²) in [7, 11) is 0. The summed E-state index contributed by atoms with van der Waals surface area (Å²) < 4.78 is 21.0. The van der Waals surface area contributed by atoms with Gasteiger partial charge in [0, 0.05) is 25.9 Å². The maximum atomic E-state index is 12.3. The van der Waals surface area contributed by atoms with Crippen molar-refractivity contribution >= 4 is 29.5 Å². The fourth-order valence-electron chi connectivity index (χ4n) is 4.94. The molecule has 0 aliphatic heterocycles. The van der Waals surface area contributed by atoms with Crippen LogP contribution in [0.4, 0.5) is 0 Å². The molecule has 0 fully saturated rings. The molecule has 3 amide bonds. The van der Waals surface area contributed by atoms with Crippen molar-refractivity contribution in [2.75, 3.05) is 65.9 Å². The molecular formula is C36H67N3O10. The molecule has 4 N–H and O–H groups in total. The van der Waals surface area contributed by atoms with Gasteiger partial charge < -0.3 is 40.0 Å². The van der Waals surface area contributed by atoms with Gasteiger partial charge in [-0.25, -0.2) is 4.79 Å². The second kappa shape index (κ2) is 35.2. The number of Topliss-reactive ketones (excluding diaryl/α,β-unsaturated/α-hetero) is 1. The monoisotopic (exact) mass is 701 g/mol. The van der Waals surface area contributed by atoms with Crippen LogP contribution >= 0.6 is 0 Å². The van der Waals surface area contributed by atoms with Crippen LogP contribution in [0.3, 0.4) is 0 Å². The fraction of sp³-hybridized carbons (Fsp3) is 0.861. The van der Waals surface area contributed by atoms with E-state index in [9.17, 15) is 29.1 Å². The number of ether oxygens (including phenoxy) is 4. The molecule has 13 heteroatoms. The summed E-state index contributed by atoms with van der Waals surface area (Å²) in [6.07, 6.45) is 18.8. The van der Waals surface area contributed by atoms with E-state index >= 15 is 0 Å². The molecule has 1 unspecified atom stereocenters. The van der Waals surface area contributed by atoms with Crippen molar-refractivity contribution in [3.05, 3.63) is 0 Å². The number of rotatable bonds is 37. The van der Waals surface area contributed by atoms with Crippen LogP contribution in [0.5, 0.6) is 0 Å². The first kappa shape index (κ1) is 46.4. The van der Waals surface area contributed by atoms with Gasteiger partial charge in [0.25, 0.3) is 0 Å². The number of unbranched alkanes of at least 4 members (excludes halogenated alkanes) is 14. The molecule has 13 nitrogen and oxygen atoms in total. The maximum absolute atomic E-state index is 12.3. The number of carbonyl (C=O) groups is 5. The van der Waals surface area contributed by atoms with Gasteiger partial charge in [0.15, 0.2) is 5.78 Å². The Labute approximate surface area is 294 Å². The summed E-state index contributed by atoms with van der Waals surface area (Å²) >= 11 is 0. The van der Waals surface area contributed by atoms with Crippen molar-refractivity contribution in [3.8, 4) is 0 Å². The van der Waals surface area contributed by atoms with Gasteiger partial charge in [-0.3, -0.25) is 19.2 Å². The summed E-state index contributed by atoms with van der Waals surface area (Å²) in [4.78, 5) is 58.4. The lowest BCUT2D eigenvalue weighted by Gasteiger charge is -2.14. The smallest absolute Gasteiger partial charge is 0.326 e. The van der Waals surface area contributed by atoms with Gasteiger partial charge in [0.2, 0.25) is 17.7 Å². The highest BCUT2D eigenvalue weighted by atomic mass is 16.5. The summed E-state index contributed by atoms with van der Waals surface area (Å²) in [6.45, 7) is 5.81. The average Bonchev–Trinajstić information content (AvgIpc) is 3.06. The van der Waals surface area contributed by atoms with Gasteiger partial charge in [-0.15, -0.1) is 0 Å². The first-order valence-corrected chi connectivity index (χ1v) is 18.6. The standard InChI is InChI=1S/C36H67N3O10/c1-3-4-5-6-7-8-9-10-11-12-13-14-15-16-17-18-34(42)39-32(36(44)45)19-20-33(41)37-21-23-46-26-28-49-30-35(43)38-22-24-47-25-27-48-29-31(2)40/h32H,3-30H2,1-2H3,(H,37,41)(H,38,43)(H,39,42)(H,44,45). The summed E-state index contributed by atoms with van der Waals surface area (Å²) in [5.41, 5.74) is 0. The number of carboxylic acid groups (broad SMARTS) is 1. The van der Waals surface area contributed by atoms with Crippen LogP contribution in [0, 0.1) is 0 Å². The fourth-order valence-corrected chi connectivity index (χ4v) is 4.94. The molecule has 286 valence electrons. The Bertz CT molecular complexity index is 859. The molecule has 0 heterocycles. The predicted molar refractivity (Wildman–Crippen MR) is 188 cm³/mol. The number of nitrogens with one attached hydrogen (secondary N) is 3. The zero-order chi connectivity index (χ0) is 36.2. The van der Waals surface area contributed by atoms with E-state index in [2.05, 4.69) is 22.9 Å². The number of hydrogen-bond donors (Lipinski definition) is 4. The van der Waals surface area contributed by atoms with Crippen molar-refractivity contribution in [1.82, 2.24) is 16.0 Å². The Hall–Kier alpha value is -2.61. The molecule has 0 bridgehead atoms. The van der Waals surface area contributed by atoms with E-state index in [4.69, 9.17) is 18.9 Å². The van der Waals surface area contributed by atoms with Crippen molar-refractivity contribution in [3.63, 3.8) is 0 Å². The van der Waals surface area contributed by atoms with Crippen LogP contribution in [0.15, 0.2) is 0 Å². The minimum atomic E-state index is -1.16. The highest BCUT2D eigenvalue weighted by Gasteiger charge is 2.20. The van der Waals surface area contributed by atoms with Gasteiger partial charge >= 0.3 is 5.97 Å². The molecule has 0 spiro atoms. The van der Waals surface area contributed by atoms with Crippen molar-refractivity contribution in [2.24, 2.45) is 0 Å². The number of aliphatic carboxylic acids is 1. The lowest BCUT2D eigenvalue weighted by Crippen LogP contribution is -2.41. The van der Waals surface area contributed by atoms with Crippen molar-refractivity contribution < 1.29 is 48.0 Å². The SMILES string of the molecule is CCCCCCCCCCCCCCCCCC(=O)NC(CCC(=O)NCCOCCOCC(=O)NCCOCCOCC(C)=O)C(=O)O. The third-order valence-electron chi connectivity index (χ3n) is 7.72. The van der Waals surface area contributed by atoms with Crippen LogP contribution < -0.4 is 16.0 Å². The molecule has 0 saturated heterocycles. The quantitative estimate of drug-likeness (QED) is 0.0675. The highest BCUT2D eigenvalue weighted by Crippen LogP contribution is 2.14. The second-order valence-corrected chi connectivity index (χ2v) is 12.4. The van der Waals surface area contributed by atoms with E-state index in [1.54, 1.807) is 0 Å². The average molecular weight is 702 g/mol. The lowest BCUT2D eigenvalue weighted by molar-refractivity contribution is -0.142. The Kier molecular flexibility index (Phi) is 33.3. The molecular weight excluding hydrogens is 634 g/mol. The van der Waals surface area contributed by atoms with Crippen LogP contribution in [-0.4, -0.2) is 107 Å². The van der Waals surface area contributed by atoms with Crippen molar-refractivity contribution in [2.45, 2.75) is 135 Å². The normalized spacial score (nSPS) is 11.6. The molecule has 49 heavy (non-hydrogen) atoms. The topological polar surface area (TPSA) is 179 Å². The largest absolute Gasteiger partial charge is 0.480 e. The second-order valence-electron chi connectivity index (χ2n) is 12.4. The number of carbonyl (C=O) groups excluding carboxylic acids is 4. The first-order chi connectivity index (χ1) is 23.8. The maximum Gasteiger partial charge on any atom is 0.326 e. The third kappa shape index (κ3) is 35.0. The zero-order valence-electron chi connectivity index (χ0n) is 30.5. The van der Waals surface area contributed by atoms with E-state index in [0.717, 1.165) is 19.3 Å². The Balaban J connectivity index is 3.67. The molecule has 0 aromatic rings. The predicted octanol–water partition coefficient (Wildman–Crippen LogP) is 4.49. The van der Waals surface area contributed by atoms with Crippen molar-refractivity contribution in [1.29, 1.82) is 0 Å². The number of hydrogen-bond acceptors (Lipinski definition) is 9. The summed E-state index contributed by atoms with van der Waals surface area (Å²) in [5, 5.41) is 17.3. The van der Waals surface area contributed by atoms with Crippen LogP contribution in [0.1, 0.15) is 129 Å². The number of carboxylic acids is 1. The zero-order valence-corrected chi connectivity index (χ0v) is 30.5. The summed E-state index contributed by atoms with van der Waals surface area (Å²) in [5.74, 6) is -2.12. The third-order valence-corrected chi connectivity index (χ3v) is 7.72. The molecule has 0 aromatic carbocycles. The molecule has 0 rings (SSSR count). The van der Waals surface area contributed by atoms with Crippen LogP contribution in [0.25, 0.3) is 0 Å². The van der Waals surface area contributed by atoms with Gasteiger partial charge in [0.05, 0.1) is 39.6 Å². The van der Waals surface area contributed by atoms with Gasteiger partial charge in [0.1, 0.15) is 19.3 Å². The number of ketones is 1. The lowest BCUT2D eigenvalue weighted by atomic mass is 10.0. The van der Waals surface area contributed by atoms with E-state index in [1.807, 2.05) is 0 Å². The Morgan fingerprint density at radius 3 is 1.47 bits per heavy atom. The minimum absolute atomic E-state index is 0.00416. The molecule has 0 aliphatic carbocycles. The van der Waals surface area contributed by atoms with E-state index in [1.165, 1.54) is 84.0 Å². The Morgan fingerprint density at radius 1 is 0.531 bits per heavy atom. The molecule has 1 atom stereocenters. The first-order valence-electron chi connectivity index (χ1n) is 18.6. The molecule has 0 radical (unpaired) electrons. The Morgan fingerprint density at radius 2 is 0.980 bits per heavy atom. The highest BCUT2D eigenvalue weighted by molar-refractivity contribution is 5.84.